The number of amides is 1. The van der Waals surface area contributed by atoms with Crippen LogP contribution >= 0.6 is 0 Å². The van der Waals surface area contributed by atoms with Gasteiger partial charge >= 0.3 is 5.97 Å². The SMILES string of the molecule is Cc1[nH]c(=O)c(C#N)c(C)c1CCC(=O)O[C@@H](C)C(=O)Nc1cccc(F)c1. The number of nitrogens with one attached hydrogen (secondary N) is 2. The molecule has 2 rings (SSSR count). The molecule has 0 bridgehead atoms. The van der Waals surface area contributed by atoms with Crippen molar-refractivity contribution in [3.8, 4) is 6.07 Å². The number of hydrogen-bond donors (Lipinski definition) is 2. The number of carbonyl (C=O) groups is 2. The van der Waals surface area contributed by atoms with E-state index in [-0.39, 0.29) is 24.1 Å². The van der Waals surface area contributed by atoms with E-state index < -0.39 is 29.4 Å². The molecule has 1 amide bonds. The van der Waals surface area contributed by atoms with Crippen molar-refractivity contribution in [1.82, 2.24) is 4.98 Å². The second-order valence-corrected chi connectivity index (χ2v) is 6.30. The first-order chi connectivity index (χ1) is 13.2. The number of hydrogen-bond acceptors (Lipinski definition) is 5. The highest BCUT2D eigenvalue weighted by Crippen LogP contribution is 2.16. The molecule has 2 N–H and O–H groups in total. The molecule has 0 saturated heterocycles. The first kappa shape index (κ1) is 20.8. The lowest BCUT2D eigenvalue weighted by Gasteiger charge is -2.14. The van der Waals surface area contributed by atoms with Gasteiger partial charge < -0.3 is 15.0 Å². The number of aryl methyl sites for hydroxylation is 1. The van der Waals surface area contributed by atoms with Crippen molar-refractivity contribution in [3.05, 3.63) is 62.8 Å². The predicted molar refractivity (Wildman–Crippen MR) is 100 cm³/mol. The number of benzene rings is 1. The highest BCUT2D eigenvalue weighted by Gasteiger charge is 2.19. The summed E-state index contributed by atoms with van der Waals surface area (Å²) in [6, 6.07) is 7.22. The van der Waals surface area contributed by atoms with Crippen LogP contribution in [0.25, 0.3) is 0 Å². The molecule has 1 aromatic heterocycles. The van der Waals surface area contributed by atoms with Crippen LogP contribution in [0.15, 0.2) is 29.1 Å². The van der Waals surface area contributed by atoms with Crippen molar-refractivity contribution in [2.45, 2.75) is 39.7 Å². The Morgan fingerprint density at radius 2 is 2.07 bits per heavy atom. The van der Waals surface area contributed by atoms with Gasteiger partial charge in [0.15, 0.2) is 6.10 Å². The van der Waals surface area contributed by atoms with E-state index >= 15 is 0 Å². The monoisotopic (exact) mass is 385 g/mol. The van der Waals surface area contributed by atoms with E-state index in [9.17, 15) is 18.8 Å². The van der Waals surface area contributed by atoms with Crippen molar-refractivity contribution in [3.63, 3.8) is 0 Å². The highest BCUT2D eigenvalue weighted by atomic mass is 19.1. The molecule has 0 fully saturated rings. The Labute approximate surface area is 161 Å². The molecule has 7 nitrogen and oxygen atoms in total. The van der Waals surface area contributed by atoms with Crippen LogP contribution in [0.4, 0.5) is 10.1 Å². The van der Waals surface area contributed by atoms with Crippen LogP contribution in [0.1, 0.15) is 35.7 Å². The number of pyridine rings is 1. The Balaban J connectivity index is 1.96. The zero-order valence-corrected chi connectivity index (χ0v) is 15.8. The summed E-state index contributed by atoms with van der Waals surface area (Å²) in [4.78, 5) is 38.5. The number of rotatable bonds is 6. The van der Waals surface area contributed by atoms with Crippen molar-refractivity contribution in [2.75, 3.05) is 5.32 Å². The topological polar surface area (TPSA) is 112 Å². The first-order valence-electron chi connectivity index (χ1n) is 8.61. The summed E-state index contributed by atoms with van der Waals surface area (Å²) in [7, 11) is 0. The summed E-state index contributed by atoms with van der Waals surface area (Å²) in [5.41, 5.74) is 1.59. The zero-order chi connectivity index (χ0) is 20.8. The highest BCUT2D eigenvalue weighted by molar-refractivity contribution is 5.95. The van der Waals surface area contributed by atoms with Gasteiger partial charge in [-0.25, -0.2) is 4.39 Å². The third-order valence-corrected chi connectivity index (χ3v) is 4.27. The summed E-state index contributed by atoms with van der Waals surface area (Å²) in [6.45, 7) is 4.75. The molecule has 0 saturated carbocycles. The number of anilines is 1. The fourth-order valence-electron chi connectivity index (χ4n) is 2.77. The van der Waals surface area contributed by atoms with Gasteiger partial charge in [0, 0.05) is 17.8 Å². The normalized spacial score (nSPS) is 11.4. The molecule has 0 aliphatic carbocycles. The number of H-pyrrole nitrogens is 1. The third-order valence-electron chi connectivity index (χ3n) is 4.27. The molecule has 0 spiro atoms. The minimum Gasteiger partial charge on any atom is -0.453 e. The molecule has 8 heteroatoms. The predicted octanol–water partition coefficient (Wildman–Crippen LogP) is 2.51. The standard InChI is InChI=1S/C20H20FN3O4/c1-11-16(12(2)23-20(27)17(11)10-22)7-8-18(25)28-13(3)19(26)24-15-6-4-5-14(21)9-15/h4-6,9,13H,7-8H2,1-3H3,(H,23,27)(H,24,26)/t13-/m0/s1. The fraction of sp³-hybridized carbons (Fsp3) is 0.300. The summed E-state index contributed by atoms with van der Waals surface area (Å²) < 4.78 is 18.3. The maximum Gasteiger partial charge on any atom is 0.306 e. The van der Waals surface area contributed by atoms with Crippen molar-refractivity contribution >= 4 is 17.6 Å². The Bertz CT molecular complexity index is 1010. The maximum absolute atomic E-state index is 13.2. The number of aromatic amines is 1. The van der Waals surface area contributed by atoms with E-state index in [0.29, 0.717) is 16.8 Å². The molecule has 1 heterocycles. The molecule has 2 aromatic rings. The lowest BCUT2D eigenvalue weighted by Crippen LogP contribution is -2.30. The Morgan fingerprint density at radius 1 is 1.36 bits per heavy atom. The summed E-state index contributed by atoms with van der Waals surface area (Å²) >= 11 is 0. The van der Waals surface area contributed by atoms with E-state index in [2.05, 4.69) is 10.3 Å². The van der Waals surface area contributed by atoms with Crippen LogP contribution in [-0.4, -0.2) is 23.0 Å². The molecule has 1 aromatic carbocycles. The van der Waals surface area contributed by atoms with Crippen molar-refractivity contribution in [2.24, 2.45) is 0 Å². The molecule has 1 atom stereocenters. The fourth-order valence-corrected chi connectivity index (χ4v) is 2.77. The van der Waals surface area contributed by atoms with Crippen LogP contribution in [0.2, 0.25) is 0 Å². The lowest BCUT2D eigenvalue weighted by molar-refractivity contribution is -0.153. The average Bonchev–Trinajstić information content (AvgIpc) is 2.61. The number of carbonyl (C=O) groups excluding carboxylic acids is 2. The second kappa shape index (κ2) is 8.95. The Morgan fingerprint density at radius 3 is 2.71 bits per heavy atom. The summed E-state index contributed by atoms with van der Waals surface area (Å²) in [6.07, 6.45) is -0.848. The molecular weight excluding hydrogens is 365 g/mol. The quantitative estimate of drug-likeness (QED) is 0.742. The number of nitriles is 1. The van der Waals surface area contributed by atoms with Gasteiger partial charge in [-0.3, -0.25) is 14.4 Å². The van der Waals surface area contributed by atoms with Crippen molar-refractivity contribution in [1.29, 1.82) is 5.26 Å². The van der Waals surface area contributed by atoms with Crippen LogP contribution in [0.3, 0.4) is 0 Å². The Kier molecular flexibility index (Phi) is 6.66. The second-order valence-electron chi connectivity index (χ2n) is 6.30. The van der Waals surface area contributed by atoms with Gasteiger partial charge in [-0.1, -0.05) is 6.07 Å². The van der Waals surface area contributed by atoms with E-state index in [1.807, 2.05) is 6.07 Å². The molecule has 28 heavy (non-hydrogen) atoms. The van der Waals surface area contributed by atoms with Gasteiger partial charge in [0.25, 0.3) is 11.5 Å². The van der Waals surface area contributed by atoms with Crippen LogP contribution in [-0.2, 0) is 20.7 Å². The third kappa shape index (κ3) is 5.04. The Hall–Kier alpha value is -3.47. The van der Waals surface area contributed by atoms with E-state index in [1.54, 1.807) is 13.8 Å². The van der Waals surface area contributed by atoms with Crippen LogP contribution in [0, 0.1) is 31.0 Å². The van der Waals surface area contributed by atoms with Gasteiger partial charge in [-0.15, -0.1) is 0 Å². The number of ether oxygens (including phenoxy) is 1. The minimum absolute atomic E-state index is 0.0109. The van der Waals surface area contributed by atoms with E-state index in [0.717, 1.165) is 6.07 Å². The average molecular weight is 385 g/mol. The molecular formula is C20H20FN3O4. The smallest absolute Gasteiger partial charge is 0.306 e. The van der Waals surface area contributed by atoms with Crippen molar-refractivity contribution < 1.29 is 18.7 Å². The van der Waals surface area contributed by atoms with E-state index in [4.69, 9.17) is 10.00 Å². The van der Waals surface area contributed by atoms with Crippen LogP contribution < -0.4 is 10.9 Å². The number of esters is 1. The van der Waals surface area contributed by atoms with E-state index in [1.165, 1.54) is 25.1 Å². The van der Waals surface area contributed by atoms with Crippen LogP contribution in [0.5, 0.6) is 0 Å². The largest absolute Gasteiger partial charge is 0.453 e. The maximum atomic E-state index is 13.2. The van der Waals surface area contributed by atoms with Gasteiger partial charge in [0.2, 0.25) is 0 Å². The number of nitrogens with zero attached hydrogens (tertiary/aromatic N) is 1. The molecule has 0 aliphatic rings. The van der Waals surface area contributed by atoms with Gasteiger partial charge in [0.1, 0.15) is 17.4 Å². The summed E-state index contributed by atoms with van der Waals surface area (Å²) in [5, 5.41) is 11.6. The molecule has 146 valence electrons. The molecule has 0 aliphatic heterocycles. The molecule has 0 unspecified atom stereocenters. The number of aromatic nitrogens is 1. The number of halogens is 1. The summed E-state index contributed by atoms with van der Waals surface area (Å²) in [5.74, 6) is -1.68. The van der Waals surface area contributed by atoms with Gasteiger partial charge in [-0.2, -0.15) is 5.26 Å². The molecule has 0 radical (unpaired) electrons. The van der Waals surface area contributed by atoms with Gasteiger partial charge in [0.05, 0.1) is 0 Å². The lowest BCUT2D eigenvalue weighted by atomic mass is 9.99. The zero-order valence-electron chi connectivity index (χ0n) is 15.8. The minimum atomic E-state index is -1.07. The first-order valence-corrected chi connectivity index (χ1v) is 8.61. The van der Waals surface area contributed by atoms with Gasteiger partial charge in [-0.05, 0) is 56.5 Å².